The predicted molar refractivity (Wildman–Crippen MR) is 98.8 cm³/mol. The van der Waals surface area contributed by atoms with Gasteiger partial charge in [-0.1, -0.05) is 31.4 Å². The summed E-state index contributed by atoms with van der Waals surface area (Å²) in [6.07, 6.45) is 5.79. The highest BCUT2D eigenvalue weighted by atomic mass is 16.5. The Morgan fingerprint density at radius 3 is 2.70 bits per heavy atom. The molecule has 1 aromatic carbocycles. The van der Waals surface area contributed by atoms with E-state index in [1.807, 2.05) is 0 Å². The molecule has 1 fully saturated rings. The Morgan fingerprint density at radius 2 is 2.00 bits per heavy atom. The topological polar surface area (TPSA) is 108 Å². The molecule has 0 radical (unpaired) electrons. The highest BCUT2D eigenvalue weighted by Gasteiger charge is 2.34. The van der Waals surface area contributed by atoms with Crippen molar-refractivity contribution in [2.45, 2.75) is 44.6 Å². The van der Waals surface area contributed by atoms with E-state index in [1.54, 1.807) is 12.1 Å². The van der Waals surface area contributed by atoms with Crippen molar-refractivity contribution < 1.29 is 24.5 Å². The third-order valence-electron chi connectivity index (χ3n) is 5.11. The van der Waals surface area contributed by atoms with Crippen LogP contribution in [-0.4, -0.2) is 35.4 Å². The number of aliphatic hydroxyl groups excluding tert-OH is 1. The maximum atomic E-state index is 12.9. The van der Waals surface area contributed by atoms with E-state index in [9.17, 15) is 19.8 Å². The van der Waals surface area contributed by atoms with Gasteiger partial charge in [0.25, 0.3) is 0 Å². The molecule has 1 aliphatic heterocycles. The second kappa shape index (κ2) is 8.90. The highest BCUT2D eigenvalue weighted by molar-refractivity contribution is 5.95. The normalized spacial score (nSPS) is 20.8. The van der Waals surface area contributed by atoms with Gasteiger partial charge in [0, 0.05) is 18.7 Å². The fourth-order valence-corrected chi connectivity index (χ4v) is 3.75. The van der Waals surface area contributed by atoms with E-state index in [-0.39, 0.29) is 24.4 Å². The van der Waals surface area contributed by atoms with Crippen LogP contribution < -0.4 is 10.6 Å². The van der Waals surface area contributed by atoms with Gasteiger partial charge in [-0.25, -0.2) is 9.59 Å². The molecular formula is C20H26N2O5. The number of phenols is 1. The van der Waals surface area contributed by atoms with Crippen molar-refractivity contribution in [2.24, 2.45) is 5.92 Å². The fourth-order valence-electron chi connectivity index (χ4n) is 3.75. The van der Waals surface area contributed by atoms with Gasteiger partial charge in [-0.15, -0.1) is 0 Å². The second-order valence-electron chi connectivity index (χ2n) is 7.09. The number of rotatable bonds is 6. The van der Waals surface area contributed by atoms with Crippen molar-refractivity contribution in [1.82, 2.24) is 10.6 Å². The van der Waals surface area contributed by atoms with Gasteiger partial charge in [-0.2, -0.15) is 0 Å². The number of aliphatic hydroxyl groups is 1. The first-order chi connectivity index (χ1) is 13.1. The lowest BCUT2D eigenvalue weighted by molar-refractivity contribution is -0.141. The molecule has 1 heterocycles. The summed E-state index contributed by atoms with van der Waals surface area (Å²) in [5, 5.41) is 24.4. The van der Waals surface area contributed by atoms with Gasteiger partial charge in [0.15, 0.2) is 0 Å². The van der Waals surface area contributed by atoms with Crippen LogP contribution in [0.5, 0.6) is 5.75 Å². The molecule has 1 aromatic rings. The number of aromatic hydroxyl groups is 1. The van der Waals surface area contributed by atoms with E-state index < -0.39 is 18.0 Å². The Hall–Kier alpha value is -2.54. The predicted octanol–water partition coefficient (Wildman–Crippen LogP) is 2.51. The van der Waals surface area contributed by atoms with Crippen LogP contribution in [0.2, 0.25) is 0 Å². The van der Waals surface area contributed by atoms with Gasteiger partial charge in [-0.05, 0) is 36.5 Å². The molecule has 0 saturated heterocycles. The lowest BCUT2D eigenvalue weighted by atomic mass is 9.90. The molecule has 1 atom stereocenters. The molecule has 1 unspecified atom stereocenters. The van der Waals surface area contributed by atoms with Crippen LogP contribution in [0.1, 0.15) is 50.1 Å². The minimum Gasteiger partial charge on any atom is -0.508 e. The quantitative estimate of drug-likeness (QED) is 0.572. The number of amides is 2. The molecule has 7 heteroatoms. The summed E-state index contributed by atoms with van der Waals surface area (Å²) in [6.45, 7) is 0.150. The molecule has 1 saturated carbocycles. The molecule has 1 aliphatic carbocycles. The van der Waals surface area contributed by atoms with Crippen LogP contribution in [0.4, 0.5) is 4.79 Å². The lowest BCUT2D eigenvalue weighted by Gasteiger charge is -2.30. The average molecular weight is 374 g/mol. The number of hydrogen-bond donors (Lipinski definition) is 4. The summed E-state index contributed by atoms with van der Waals surface area (Å²) in [4.78, 5) is 24.9. The monoisotopic (exact) mass is 374 g/mol. The Balaban J connectivity index is 1.85. The van der Waals surface area contributed by atoms with E-state index in [1.165, 1.54) is 18.6 Å². The van der Waals surface area contributed by atoms with Gasteiger partial charge in [0.2, 0.25) is 0 Å². The molecule has 7 nitrogen and oxygen atoms in total. The number of carbonyl (C=O) groups excluding carboxylic acids is 2. The van der Waals surface area contributed by atoms with Crippen LogP contribution in [0, 0.1) is 5.92 Å². The van der Waals surface area contributed by atoms with Gasteiger partial charge in [0.05, 0.1) is 18.2 Å². The second-order valence-corrected chi connectivity index (χ2v) is 7.09. The van der Waals surface area contributed by atoms with Gasteiger partial charge in [0.1, 0.15) is 5.75 Å². The summed E-state index contributed by atoms with van der Waals surface area (Å²) < 4.78 is 5.58. The van der Waals surface area contributed by atoms with Crippen LogP contribution >= 0.6 is 0 Å². The molecular weight excluding hydrogens is 348 g/mol. The minimum absolute atomic E-state index is 0.0407. The first-order valence-corrected chi connectivity index (χ1v) is 9.46. The Labute approximate surface area is 158 Å². The lowest BCUT2D eigenvalue weighted by Crippen LogP contribution is -2.46. The molecule has 0 bridgehead atoms. The van der Waals surface area contributed by atoms with Gasteiger partial charge < -0.3 is 25.6 Å². The Kier molecular flexibility index (Phi) is 6.34. The first-order valence-electron chi connectivity index (χ1n) is 9.46. The molecule has 0 spiro atoms. The van der Waals surface area contributed by atoms with Crippen molar-refractivity contribution >= 4 is 12.0 Å². The van der Waals surface area contributed by atoms with E-state index in [0.717, 1.165) is 25.7 Å². The fraction of sp³-hybridized carbons (Fsp3) is 0.500. The van der Waals surface area contributed by atoms with E-state index in [4.69, 9.17) is 4.74 Å². The number of esters is 1. The number of carbonyl (C=O) groups is 2. The third-order valence-corrected chi connectivity index (χ3v) is 5.11. The Bertz CT molecular complexity index is 725. The zero-order valence-corrected chi connectivity index (χ0v) is 15.2. The summed E-state index contributed by atoms with van der Waals surface area (Å²) in [6, 6.07) is 5.19. The molecule has 27 heavy (non-hydrogen) atoms. The molecule has 3 rings (SSSR count). The number of benzene rings is 1. The number of phenolic OH excluding ortho intramolecular Hbond substituents is 1. The van der Waals surface area contributed by atoms with E-state index >= 15 is 0 Å². The minimum atomic E-state index is -0.744. The van der Waals surface area contributed by atoms with Crippen molar-refractivity contribution in [3.8, 4) is 5.75 Å². The van der Waals surface area contributed by atoms with E-state index in [2.05, 4.69) is 10.6 Å². The summed E-state index contributed by atoms with van der Waals surface area (Å²) in [5.41, 5.74) is 1.19. The molecule has 4 N–H and O–H groups in total. The number of hydrogen-bond acceptors (Lipinski definition) is 5. The summed E-state index contributed by atoms with van der Waals surface area (Å²) in [7, 11) is 0. The molecule has 146 valence electrons. The Morgan fingerprint density at radius 1 is 1.22 bits per heavy atom. The van der Waals surface area contributed by atoms with Crippen LogP contribution in [0.25, 0.3) is 0 Å². The van der Waals surface area contributed by atoms with Gasteiger partial charge in [-0.3, -0.25) is 0 Å². The maximum Gasteiger partial charge on any atom is 0.338 e. The van der Waals surface area contributed by atoms with Gasteiger partial charge >= 0.3 is 12.0 Å². The average Bonchev–Trinajstić information content (AvgIpc) is 2.67. The van der Waals surface area contributed by atoms with Crippen molar-refractivity contribution in [2.75, 3.05) is 13.2 Å². The van der Waals surface area contributed by atoms with Crippen molar-refractivity contribution in [3.63, 3.8) is 0 Å². The molecule has 2 aliphatic rings. The zero-order chi connectivity index (χ0) is 19.2. The number of ether oxygens (including phenoxy) is 1. The number of nitrogens with one attached hydrogen (secondary N) is 2. The van der Waals surface area contributed by atoms with Crippen molar-refractivity contribution in [1.29, 1.82) is 0 Å². The molecule has 2 amide bonds. The third kappa shape index (κ3) is 4.80. The standard InChI is InChI=1S/C20H26N2O5/c23-10-9-16-17(19(25)27-12-13-5-2-1-3-6-13)18(22-20(26)21-16)14-7-4-8-15(24)11-14/h4,7-8,11,13,18,23-24H,1-3,5-6,9-10,12H2,(H2,21,22,26). The maximum absolute atomic E-state index is 12.9. The number of urea groups is 1. The largest absolute Gasteiger partial charge is 0.508 e. The summed E-state index contributed by atoms with van der Waals surface area (Å²) >= 11 is 0. The SMILES string of the molecule is O=C1NC(CCO)=C(C(=O)OCC2CCCCC2)C(c2cccc(O)c2)N1. The van der Waals surface area contributed by atoms with Crippen LogP contribution in [-0.2, 0) is 9.53 Å². The summed E-state index contributed by atoms with van der Waals surface area (Å²) in [5.74, 6) is -0.0984. The highest BCUT2D eigenvalue weighted by Crippen LogP contribution is 2.31. The molecule has 0 aromatic heterocycles. The van der Waals surface area contributed by atoms with Crippen LogP contribution in [0.15, 0.2) is 35.5 Å². The smallest absolute Gasteiger partial charge is 0.338 e. The van der Waals surface area contributed by atoms with Crippen molar-refractivity contribution in [3.05, 3.63) is 41.1 Å². The van der Waals surface area contributed by atoms with Crippen LogP contribution in [0.3, 0.4) is 0 Å². The zero-order valence-electron chi connectivity index (χ0n) is 15.2. The van der Waals surface area contributed by atoms with E-state index in [0.29, 0.717) is 23.8 Å². The first kappa shape index (κ1) is 19.2.